The largest absolute Gasteiger partial charge is 0.396 e. The third-order valence-electron chi connectivity index (χ3n) is 2.87. The summed E-state index contributed by atoms with van der Waals surface area (Å²) in [6.45, 7) is 4.92. The summed E-state index contributed by atoms with van der Waals surface area (Å²) in [7, 11) is 0. The fraction of sp³-hybridized carbons (Fsp3) is 0.769. The van der Waals surface area contributed by atoms with Gasteiger partial charge in [-0.25, -0.2) is 0 Å². The molecule has 0 aliphatic carbocycles. The number of aliphatic hydroxyl groups is 2. The molecule has 8 heteroatoms. The second-order valence-electron chi connectivity index (χ2n) is 5.42. The molecule has 0 fully saturated rings. The average molecular weight is 303 g/mol. The Morgan fingerprint density at radius 3 is 2.14 bits per heavy atom. The molecule has 0 spiro atoms. The highest BCUT2D eigenvalue weighted by Crippen LogP contribution is 2.19. The van der Waals surface area contributed by atoms with E-state index in [4.69, 9.17) is 5.11 Å². The van der Waals surface area contributed by atoms with E-state index in [0.717, 1.165) is 0 Å². The normalized spacial score (nSPS) is 12.4. The van der Waals surface area contributed by atoms with Crippen molar-refractivity contribution in [2.45, 2.75) is 33.3 Å². The van der Waals surface area contributed by atoms with Crippen molar-refractivity contribution in [2.75, 3.05) is 26.2 Å². The third-order valence-corrected chi connectivity index (χ3v) is 2.87. The number of hydrogen-bond donors (Lipinski definition) is 5. The van der Waals surface area contributed by atoms with Crippen molar-refractivity contribution in [3.8, 4) is 0 Å². The van der Waals surface area contributed by atoms with Crippen molar-refractivity contribution in [1.29, 1.82) is 0 Å². The zero-order valence-electron chi connectivity index (χ0n) is 12.7. The first-order chi connectivity index (χ1) is 9.70. The average Bonchev–Trinajstić information content (AvgIpc) is 2.42. The van der Waals surface area contributed by atoms with Crippen molar-refractivity contribution in [2.24, 2.45) is 5.41 Å². The van der Waals surface area contributed by atoms with E-state index in [2.05, 4.69) is 16.0 Å². The van der Waals surface area contributed by atoms with Gasteiger partial charge in [0.25, 0.3) is 0 Å². The molecule has 0 unspecified atom stereocenters. The Balaban J connectivity index is 3.85. The van der Waals surface area contributed by atoms with Crippen molar-refractivity contribution >= 4 is 17.7 Å². The highest BCUT2D eigenvalue weighted by Gasteiger charge is 2.32. The molecule has 21 heavy (non-hydrogen) atoms. The van der Waals surface area contributed by atoms with Crippen LogP contribution in [0.2, 0.25) is 0 Å². The maximum Gasteiger partial charge on any atom is 0.249 e. The molecule has 0 aliphatic heterocycles. The molecule has 5 N–H and O–H groups in total. The van der Waals surface area contributed by atoms with Crippen molar-refractivity contribution in [3.63, 3.8) is 0 Å². The van der Waals surface area contributed by atoms with E-state index in [1.807, 2.05) is 0 Å². The SMILES string of the molecule is CC(=O)NCCNC(=O)CCNC(=O)[C@H](O)C(C)(C)CO. The molecule has 3 amide bonds. The maximum absolute atomic E-state index is 11.6. The van der Waals surface area contributed by atoms with Gasteiger partial charge in [-0.2, -0.15) is 0 Å². The molecule has 0 bridgehead atoms. The summed E-state index contributed by atoms with van der Waals surface area (Å²) in [6, 6.07) is 0. The Kier molecular flexibility index (Phi) is 8.56. The number of nitrogens with one attached hydrogen (secondary N) is 3. The fourth-order valence-corrected chi connectivity index (χ4v) is 1.37. The lowest BCUT2D eigenvalue weighted by molar-refractivity contribution is -0.137. The topological polar surface area (TPSA) is 128 Å². The zero-order chi connectivity index (χ0) is 16.5. The van der Waals surface area contributed by atoms with Crippen LogP contribution in [0, 0.1) is 5.41 Å². The molecule has 0 aromatic carbocycles. The van der Waals surface area contributed by atoms with Gasteiger partial charge in [0.2, 0.25) is 17.7 Å². The van der Waals surface area contributed by atoms with E-state index in [0.29, 0.717) is 13.1 Å². The molecule has 8 nitrogen and oxygen atoms in total. The lowest BCUT2D eigenvalue weighted by Gasteiger charge is -2.27. The molecule has 0 saturated heterocycles. The number of carbonyl (C=O) groups is 3. The minimum Gasteiger partial charge on any atom is -0.396 e. The Labute approximate surface area is 124 Å². The van der Waals surface area contributed by atoms with Crippen LogP contribution in [0.1, 0.15) is 27.2 Å². The predicted octanol–water partition coefficient (Wildman–Crippen LogP) is -1.88. The molecule has 0 rings (SSSR count). The zero-order valence-corrected chi connectivity index (χ0v) is 12.7. The second-order valence-corrected chi connectivity index (χ2v) is 5.42. The fourth-order valence-electron chi connectivity index (χ4n) is 1.37. The summed E-state index contributed by atoms with van der Waals surface area (Å²) in [5, 5.41) is 26.3. The van der Waals surface area contributed by atoms with E-state index in [1.54, 1.807) is 13.8 Å². The first-order valence-electron chi connectivity index (χ1n) is 6.78. The van der Waals surface area contributed by atoms with Gasteiger partial charge in [-0.05, 0) is 0 Å². The van der Waals surface area contributed by atoms with Crippen LogP contribution in [-0.4, -0.2) is 60.3 Å². The number of hydrogen-bond acceptors (Lipinski definition) is 5. The van der Waals surface area contributed by atoms with Gasteiger partial charge in [0.1, 0.15) is 6.10 Å². The summed E-state index contributed by atoms with van der Waals surface area (Å²) in [6.07, 6.45) is -1.27. The van der Waals surface area contributed by atoms with Crippen LogP contribution in [0.5, 0.6) is 0 Å². The van der Waals surface area contributed by atoms with Gasteiger partial charge in [-0.3, -0.25) is 14.4 Å². The molecule has 1 atom stereocenters. The number of rotatable bonds is 9. The van der Waals surface area contributed by atoms with E-state index in [-0.39, 0.29) is 31.4 Å². The van der Waals surface area contributed by atoms with Crippen LogP contribution in [0.3, 0.4) is 0 Å². The van der Waals surface area contributed by atoms with Crippen molar-refractivity contribution in [1.82, 2.24) is 16.0 Å². The molecular formula is C13H25N3O5. The lowest BCUT2D eigenvalue weighted by Crippen LogP contribution is -2.46. The summed E-state index contributed by atoms with van der Waals surface area (Å²) in [5.41, 5.74) is -0.940. The van der Waals surface area contributed by atoms with E-state index in [1.165, 1.54) is 6.92 Å². The molecule has 0 heterocycles. The van der Waals surface area contributed by atoms with Gasteiger partial charge in [0.15, 0.2) is 0 Å². The van der Waals surface area contributed by atoms with E-state index < -0.39 is 17.4 Å². The molecule has 0 aromatic rings. The first-order valence-corrected chi connectivity index (χ1v) is 6.78. The van der Waals surface area contributed by atoms with Gasteiger partial charge in [-0.15, -0.1) is 0 Å². The van der Waals surface area contributed by atoms with Gasteiger partial charge in [0, 0.05) is 38.4 Å². The summed E-state index contributed by atoms with van der Waals surface area (Å²) in [5.74, 6) is -1.06. The van der Waals surface area contributed by atoms with Gasteiger partial charge in [-0.1, -0.05) is 13.8 Å². The highest BCUT2D eigenvalue weighted by molar-refractivity contribution is 5.82. The lowest BCUT2D eigenvalue weighted by atomic mass is 9.87. The summed E-state index contributed by atoms with van der Waals surface area (Å²) < 4.78 is 0. The van der Waals surface area contributed by atoms with Crippen molar-refractivity contribution < 1.29 is 24.6 Å². The standard InChI is InChI=1S/C13H25N3O5/c1-9(18)14-6-7-15-10(19)4-5-16-12(21)11(20)13(2,3)8-17/h11,17,20H,4-8H2,1-3H3,(H,14,18)(H,15,19)(H,16,21)/t11-/m0/s1. The van der Waals surface area contributed by atoms with Crippen LogP contribution in [0.4, 0.5) is 0 Å². The van der Waals surface area contributed by atoms with Crippen LogP contribution < -0.4 is 16.0 Å². The van der Waals surface area contributed by atoms with Gasteiger partial charge >= 0.3 is 0 Å². The Hall–Kier alpha value is -1.67. The monoisotopic (exact) mass is 303 g/mol. The Morgan fingerprint density at radius 2 is 1.62 bits per heavy atom. The minimum absolute atomic E-state index is 0.0675. The predicted molar refractivity (Wildman–Crippen MR) is 76.2 cm³/mol. The number of carbonyl (C=O) groups excluding carboxylic acids is 3. The third kappa shape index (κ3) is 8.26. The summed E-state index contributed by atoms with van der Waals surface area (Å²) in [4.78, 5) is 33.6. The van der Waals surface area contributed by atoms with Crippen LogP contribution in [0.15, 0.2) is 0 Å². The van der Waals surface area contributed by atoms with Crippen LogP contribution in [-0.2, 0) is 14.4 Å². The molecular weight excluding hydrogens is 278 g/mol. The minimum atomic E-state index is -1.34. The van der Waals surface area contributed by atoms with Gasteiger partial charge in [0.05, 0.1) is 6.61 Å². The highest BCUT2D eigenvalue weighted by atomic mass is 16.3. The molecule has 0 aromatic heterocycles. The summed E-state index contributed by atoms with van der Waals surface area (Å²) >= 11 is 0. The quantitative estimate of drug-likeness (QED) is 0.319. The maximum atomic E-state index is 11.6. The van der Waals surface area contributed by atoms with Crippen LogP contribution in [0.25, 0.3) is 0 Å². The number of amides is 3. The number of aliphatic hydroxyl groups excluding tert-OH is 2. The van der Waals surface area contributed by atoms with Crippen molar-refractivity contribution in [3.05, 3.63) is 0 Å². The molecule has 0 radical (unpaired) electrons. The molecule has 0 aliphatic rings. The molecule has 0 saturated carbocycles. The first kappa shape index (κ1) is 19.3. The Morgan fingerprint density at radius 1 is 1.05 bits per heavy atom. The second kappa shape index (κ2) is 9.30. The smallest absolute Gasteiger partial charge is 0.249 e. The van der Waals surface area contributed by atoms with Gasteiger partial charge < -0.3 is 26.2 Å². The van der Waals surface area contributed by atoms with E-state index >= 15 is 0 Å². The molecule has 122 valence electrons. The van der Waals surface area contributed by atoms with Crippen LogP contribution >= 0.6 is 0 Å². The van der Waals surface area contributed by atoms with E-state index in [9.17, 15) is 19.5 Å². The Bertz CT molecular complexity index is 371.